The maximum Gasteiger partial charge on any atom is 0.200 e. The number of tetrazole rings is 1. The summed E-state index contributed by atoms with van der Waals surface area (Å²) in [4.78, 5) is 7.25. The lowest BCUT2D eigenvalue weighted by atomic mass is 10.2. The molecule has 4 heterocycles. The van der Waals surface area contributed by atoms with Crippen molar-refractivity contribution in [3.8, 4) is 0 Å². The van der Waals surface area contributed by atoms with Gasteiger partial charge in [0.25, 0.3) is 0 Å². The molecule has 0 radical (unpaired) electrons. The van der Waals surface area contributed by atoms with E-state index in [-0.39, 0.29) is 6.04 Å². The van der Waals surface area contributed by atoms with E-state index in [1.165, 1.54) is 10.1 Å². The van der Waals surface area contributed by atoms with E-state index < -0.39 is 0 Å². The Kier molecular flexibility index (Phi) is 3.16. The number of hydrogen-bond donors (Lipinski definition) is 0. The number of nitrogens with zero attached hydrogens (tertiary/aromatic N) is 8. The van der Waals surface area contributed by atoms with Crippen LogP contribution in [0.1, 0.15) is 31.6 Å². The molecule has 0 amide bonds. The minimum absolute atomic E-state index is 0.216. The van der Waals surface area contributed by atoms with E-state index >= 15 is 0 Å². The number of para-hydroxylation sites is 2. The van der Waals surface area contributed by atoms with Crippen LogP contribution in [0.2, 0.25) is 0 Å². The molecule has 1 aliphatic rings. The molecule has 8 heteroatoms. The first-order valence-electron chi connectivity index (χ1n) is 8.62. The molecule has 8 nitrogen and oxygen atoms in total. The second-order valence-electron chi connectivity index (χ2n) is 6.27. The maximum absolute atomic E-state index is 4.94. The Morgan fingerprint density at radius 2 is 2.08 bits per heavy atom. The van der Waals surface area contributed by atoms with Crippen LogP contribution >= 0.6 is 0 Å². The van der Waals surface area contributed by atoms with Gasteiger partial charge in [0.2, 0.25) is 0 Å². The molecule has 0 unspecified atom stereocenters. The molecule has 1 fully saturated rings. The van der Waals surface area contributed by atoms with Gasteiger partial charge >= 0.3 is 0 Å². The Morgan fingerprint density at radius 3 is 3.00 bits per heavy atom. The summed E-state index contributed by atoms with van der Waals surface area (Å²) in [6, 6.07) is 12.4. The average molecular weight is 334 g/mol. The molecule has 5 rings (SSSR count). The van der Waals surface area contributed by atoms with Crippen molar-refractivity contribution in [3.63, 3.8) is 0 Å². The Morgan fingerprint density at radius 1 is 1.16 bits per heavy atom. The van der Waals surface area contributed by atoms with E-state index in [0.29, 0.717) is 5.65 Å². The second-order valence-corrected chi connectivity index (χ2v) is 6.27. The first-order chi connectivity index (χ1) is 12.3. The molecule has 3 aromatic heterocycles. The highest BCUT2D eigenvalue weighted by atomic mass is 15.6. The zero-order chi connectivity index (χ0) is 16.8. The summed E-state index contributed by atoms with van der Waals surface area (Å²) in [6.45, 7) is 4.03. The molecule has 0 bridgehead atoms. The zero-order valence-electron chi connectivity index (χ0n) is 13.9. The van der Waals surface area contributed by atoms with Crippen LogP contribution in [-0.4, -0.2) is 41.4 Å². The van der Waals surface area contributed by atoms with Crippen molar-refractivity contribution < 1.29 is 0 Å². The molecule has 4 aromatic rings. The van der Waals surface area contributed by atoms with Crippen LogP contribution in [0, 0.1) is 0 Å². The van der Waals surface area contributed by atoms with Crippen molar-refractivity contribution in [2.45, 2.75) is 32.4 Å². The Labute approximate surface area is 144 Å². The molecular formula is C17H18N8. The topological polar surface area (TPSA) is 77.0 Å². The van der Waals surface area contributed by atoms with E-state index in [1.807, 2.05) is 18.2 Å². The molecule has 25 heavy (non-hydrogen) atoms. The standard InChI is InChI=1S/C17H18N8/c1-2-23-13-7-4-3-6-12(13)18-17(23)14-8-5-11-24(14)16-10-9-15-19-21-22-25(15)20-16/h3-4,6-7,9-10,14H,2,5,8,11H2,1H3/t14-/m0/s1. The van der Waals surface area contributed by atoms with E-state index in [9.17, 15) is 0 Å². The lowest BCUT2D eigenvalue weighted by Gasteiger charge is -2.25. The molecule has 0 aliphatic carbocycles. The van der Waals surface area contributed by atoms with Gasteiger partial charge in [-0.2, -0.15) is 0 Å². The fourth-order valence-corrected chi connectivity index (χ4v) is 3.78. The van der Waals surface area contributed by atoms with Gasteiger partial charge in [0.15, 0.2) is 11.5 Å². The summed E-state index contributed by atoms with van der Waals surface area (Å²) in [6.07, 6.45) is 2.19. The second kappa shape index (κ2) is 5.51. The highest BCUT2D eigenvalue weighted by molar-refractivity contribution is 5.76. The van der Waals surface area contributed by atoms with Crippen molar-refractivity contribution in [2.75, 3.05) is 11.4 Å². The maximum atomic E-state index is 4.94. The van der Waals surface area contributed by atoms with E-state index in [1.54, 1.807) is 0 Å². The normalized spacial score (nSPS) is 17.8. The Bertz CT molecular complexity index is 1050. The number of benzene rings is 1. The van der Waals surface area contributed by atoms with Gasteiger partial charge in [-0.25, -0.2) is 4.98 Å². The van der Waals surface area contributed by atoms with E-state index in [4.69, 9.17) is 4.98 Å². The monoisotopic (exact) mass is 334 g/mol. The van der Waals surface area contributed by atoms with Crippen molar-refractivity contribution in [3.05, 3.63) is 42.2 Å². The molecular weight excluding hydrogens is 316 g/mol. The van der Waals surface area contributed by atoms with E-state index in [0.717, 1.165) is 43.1 Å². The van der Waals surface area contributed by atoms with Crippen molar-refractivity contribution in [1.82, 2.24) is 34.8 Å². The van der Waals surface area contributed by atoms with Crippen molar-refractivity contribution >= 4 is 22.5 Å². The molecule has 1 aliphatic heterocycles. The summed E-state index contributed by atoms with van der Waals surface area (Å²) in [5, 5.41) is 16.1. The number of anilines is 1. The average Bonchev–Trinajstić information content (AvgIpc) is 3.37. The Hall–Kier alpha value is -3.03. The zero-order valence-corrected chi connectivity index (χ0v) is 13.9. The third-order valence-electron chi connectivity index (χ3n) is 4.90. The highest BCUT2D eigenvalue weighted by Crippen LogP contribution is 2.36. The number of aromatic nitrogens is 7. The SMILES string of the molecule is CCn1c([C@@H]2CCCN2c2ccc3nnnn3n2)nc2ccccc21. The summed E-state index contributed by atoms with van der Waals surface area (Å²) in [7, 11) is 0. The lowest BCUT2D eigenvalue weighted by molar-refractivity contribution is 0.599. The van der Waals surface area contributed by atoms with Gasteiger partial charge in [0.05, 0.1) is 17.1 Å². The van der Waals surface area contributed by atoms with E-state index in [2.05, 4.69) is 55.2 Å². The number of imidazole rings is 1. The van der Waals surface area contributed by atoms with Gasteiger partial charge in [-0.3, -0.25) is 0 Å². The molecule has 0 saturated carbocycles. The minimum atomic E-state index is 0.216. The van der Waals surface area contributed by atoms with Gasteiger partial charge in [0, 0.05) is 13.1 Å². The smallest absolute Gasteiger partial charge is 0.200 e. The molecule has 0 N–H and O–H groups in total. The summed E-state index contributed by atoms with van der Waals surface area (Å²) < 4.78 is 3.79. The third-order valence-corrected chi connectivity index (χ3v) is 4.90. The van der Waals surface area contributed by atoms with Gasteiger partial charge in [-0.1, -0.05) is 12.1 Å². The van der Waals surface area contributed by atoms with Crippen LogP contribution in [0.15, 0.2) is 36.4 Å². The van der Waals surface area contributed by atoms with Crippen LogP contribution in [-0.2, 0) is 6.54 Å². The first-order valence-corrected chi connectivity index (χ1v) is 8.62. The summed E-state index contributed by atoms with van der Waals surface area (Å²) >= 11 is 0. The van der Waals surface area contributed by atoms with Gasteiger partial charge in [-0.05, 0) is 54.5 Å². The van der Waals surface area contributed by atoms with Gasteiger partial charge in [-0.15, -0.1) is 14.8 Å². The van der Waals surface area contributed by atoms with Gasteiger partial charge in [0.1, 0.15) is 5.82 Å². The third kappa shape index (κ3) is 2.17. The van der Waals surface area contributed by atoms with Crippen LogP contribution in [0.25, 0.3) is 16.7 Å². The molecule has 126 valence electrons. The summed E-state index contributed by atoms with van der Waals surface area (Å²) in [5.74, 6) is 2.00. The molecule has 1 aromatic carbocycles. The number of aryl methyl sites for hydroxylation is 1. The van der Waals surface area contributed by atoms with Crippen molar-refractivity contribution in [2.24, 2.45) is 0 Å². The molecule has 1 saturated heterocycles. The van der Waals surface area contributed by atoms with Crippen molar-refractivity contribution in [1.29, 1.82) is 0 Å². The summed E-state index contributed by atoms with van der Waals surface area (Å²) in [5.41, 5.74) is 2.89. The molecule has 0 spiro atoms. The number of rotatable bonds is 3. The fraction of sp³-hybridized carbons (Fsp3) is 0.353. The predicted molar refractivity (Wildman–Crippen MR) is 93.3 cm³/mol. The highest BCUT2D eigenvalue weighted by Gasteiger charge is 2.31. The number of fused-ring (bicyclic) bond motifs is 2. The largest absolute Gasteiger partial charge is 0.345 e. The minimum Gasteiger partial charge on any atom is -0.345 e. The van der Waals surface area contributed by atoms with Crippen LogP contribution in [0.5, 0.6) is 0 Å². The quantitative estimate of drug-likeness (QED) is 0.572. The van der Waals surface area contributed by atoms with Crippen LogP contribution in [0.3, 0.4) is 0 Å². The lowest BCUT2D eigenvalue weighted by Crippen LogP contribution is -2.26. The molecule has 1 atom stereocenters. The Balaban J connectivity index is 1.61. The van der Waals surface area contributed by atoms with Gasteiger partial charge < -0.3 is 9.47 Å². The number of hydrogen-bond acceptors (Lipinski definition) is 6. The predicted octanol–water partition coefficient (Wildman–Crippen LogP) is 2.23. The van der Waals surface area contributed by atoms with Crippen LogP contribution in [0.4, 0.5) is 5.82 Å². The fourth-order valence-electron chi connectivity index (χ4n) is 3.78. The van der Waals surface area contributed by atoms with Crippen LogP contribution < -0.4 is 4.90 Å². The first kappa shape index (κ1) is 14.3.